The third-order valence-electron chi connectivity index (χ3n) is 3.55. The van der Waals surface area contributed by atoms with Crippen molar-refractivity contribution in [2.24, 2.45) is 0 Å². The molecule has 0 spiro atoms. The van der Waals surface area contributed by atoms with Crippen LogP contribution in [0.4, 0.5) is 0 Å². The van der Waals surface area contributed by atoms with E-state index in [0.29, 0.717) is 5.75 Å². The number of methoxy groups -OCH3 is 1. The number of sulfone groups is 1. The average molecular weight is 307 g/mol. The molecule has 0 radical (unpaired) electrons. The van der Waals surface area contributed by atoms with E-state index in [9.17, 15) is 8.42 Å². The lowest BCUT2D eigenvalue weighted by Crippen LogP contribution is -2.27. The molecule has 0 saturated carbocycles. The molecule has 6 nitrogen and oxygen atoms in total. The molecular weight excluding hydrogens is 290 g/mol. The van der Waals surface area contributed by atoms with Crippen molar-refractivity contribution in [2.75, 3.05) is 19.9 Å². The summed E-state index contributed by atoms with van der Waals surface area (Å²) in [6, 6.07) is 4.88. The molecule has 2 heterocycles. The molecule has 1 aromatic carbocycles. The molecule has 0 amide bonds. The minimum atomic E-state index is -3.25. The summed E-state index contributed by atoms with van der Waals surface area (Å²) in [6.45, 7) is 2.54. The number of hydrogen-bond acceptors (Lipinski definition) is 5. The van der Waals surface area contributed by atoms with E-state index >= 15 is 0 Å². The van der Waals surface area contributed by atoms with Crippen molar-refractivity contribution in [1.82, 2.24) is 14.9 Å². The third-order valence-corrected chi connectivity index (χ3v) is 4.66. The van der Waals surface area contributed by atoms with Crippen molar-refractivity contribution < 1.29 is 13.2 Å². The summed E-state index contributed by atoms with van der Waals surface area (Å²) < 4.78 is 30.7. The zero-order valence-electron chi connectivity index (χ0n) is 12.0. The number of ether oxygens (including phenoxy) is 1. The van der Waals surface area contributed by atoms with Gasteiger partial charge in [0.2, 0.25) is 0 Å². The smallest absolute Gasteiger partial charge is 0.175 e. The highest BCUT2D eigenvalue weighted by molar-refractivity contribution is 7.90. The summed E-state index contributed by atoms with van der Waals surface area (Å²) in [5.74, 6) is 1.49. The maximum Gasteiger partial charge on any atom is 0.175 e. The van der Waals surface area contributed by atoms with Gasteiger partial charge < -0.3 is 14.6 Å². The molecule has 0 bridgehead atoms. The number of benzene rings is 1. The molecule has 0 saturated heterocycles. The number of nitrogens with zero attached hydrogens (tertiary/aromatic N) is 2. The summed E-state index contributed by atoms with van der Waals surface area (Å²) in [4.78, 5) is 4.84. The second-order valence-electron chi connectivity index (χ2n) is 5.05. The first kappa shape index (κ1) is 14.1. The highest BCUT2D eigenvalue weighted by Gasteiger charge is 2.17. The van der Waals surface area contributed by atoms with Crippen LogP contribution in [0.2, 0.25) is 0 Å². The van der Waals surface area contributed by atoms with Gasteiger partial charge in [0, 0.05) is 31.1 Å². The summed E-state index contributed by atoms with van der Waals surface area (Å²) in [5, 5.41) is 3.27. The fraction of sp³-hybridized carbons (Fsp3) is 0.357. The Kier molecular flexibility index (Phi) is 3.46. The Morgan fingerprint density at radius 3 is 2.86 bits per heavy atom. The number of imidazole rings is 1. The van der Waals surface area contributed by atoms with Crippen molar-refractivity contribution in [3.63, 3.8) is 0 Å². The maximum absolute atomic E-state index is 11.6. The van der Waals surface area contributed by atoms with Crippen molar-refractivity contribution in [2.45, 2.75) is 18.0 Å². The van der Waals surface area contributed by atoms with E-state index in [4.69, 9.17) is 4.74 Å². The number of nitrogens with one attached hydrogen (secondary N) is 1. The highest BCUT2D eigenvalue weighted by atomic mass is 32.2. The molecule has 0 unspecified atom stereocenters. The standard InChI is InChI=1S/C14H17N3O3S/c1-20-13-7-10(21(2,18)19)3-4-11(13)12-9-17-6-5-15-8-14(17)16-12/h3-4,7,9,15H,5-6,8H2,1-2H3. The molecule has 7 heteroatoms. The monoisotopic (exact) mass is 307 g/mol. The first-order chi connectivity index (χ1) is 9.99. The molecule has 3 rings (SSSR count). The van der Waals surface area contributed by atoms with Gasteiger partial charge in [-0.05, 0) is 18.2 Å². The summed E-state index contributed by atoms with van der Waals surface area (Å²) in [6.07, 6.45) is 3.16. The molecule has 112 valence electrons. The zero-order chi connectivity index (χ0) is 15.0. The minimum Gasteiger partial charge on any atom is -0.496 e. The van der Waals surface area contributed by atoms with Gasteiger partial charge in [-0.15, -0.1) is 0 Å². The highest BCUT2D eigenvalue weighted by Crippen LogP contribution is 2.31. The number of fused-ring (bicyclic) bond motifs is 1. The van der Waals surface area contributed by atoms with Gasteiger partial charge in [-0.2, -0.15) is 0 Å². The Morgan fingerprint density at radius 1 is 1.38 bits per heavy atom. The summed E-state index contributed by atoms with van der Waals surface area (Å²) in [7, 11) is -1.72. The normalized spacial score (nSPS) is 14.8. The maximum atomic E-state index is 11.6. The number of hydrogen-bond donors (Lipinski definition) is 1. The van der Waals surface area contributed by atoms with Gasteiger partial charge in [0.15, 0.2) is 9.84 Å². The predicted octanol–water partition coefficient (Wildman–Crippen LogP) is 1.07. The quantitative estimate of drug-likeness (QED) is 0.918. The Balaban J connectivity index is 2.08. The van der Waals surface area contributed by atoms with E-state index in [1.807, 2.05) is 6.20 Å². The van der Waals surface area contributed by atoms with E-state index < -0.39 is 9.84 Å². The summed E-state index contributed by atoms with van der Waals surface area (Å²) >= 11 is 0. The second kappa shape index (κ2) is 5.16. The second-order valence-corrected chi connectivity index (χ2v) is 7.06. The van der Waals surface area contributed by atoms with Crippen molar-refractivity contribution in [3.8, 4) is 17.0 Å². The van der Waals surface area contributed by atoms with Crippen LogP contribution in [0.1, 0.15) is 5.82 Å². The lowest BCUT2D eigenvalue weighted by atomic mass is 10.1. The van der Waals surface area contributed by atoms with Gasteiger partial charge in [-0.25, -0.2) is 13.4 Å². The SMILES string of the molecule is COc1cc(S(C)(=O)=O)ccc1-c1cn2c(n1)CNCC2. The van der Waals surface area contributed by atoms with E-state index in [1.165, 1.54) is 13.4 Å². The topological polar surface area (TPSA) is 73.2 Å². The fourth-order valence-corrected chi connectivity index (χ4v) is 3.07. The Morgan fingerprint density at radius 2 is 2.19 bits per heavy atom. The van der Waals surface area contributed by atoms with Crippen LogP contribution in [0.25, 0.3) is 11.3 Å². The van der Waals surface area contributed by atoms with Crippen LogP contribution in [0, 0.1) is 0 Å². The van der Waals surface area contributed by atoms with Crippen molar-refractivity contribution >= 4 is 9.84 Å². The lowest BCUT2D eigenvalue weighted by Gasteiger charge is -2.13. The zero-order valence-corrected chi connectivity index (χ0v) is 12.8. The van der Waals surface area contributed by atoms with Gasteiger partial charge in [0.1, 0.15) is 11.6 Å². The summed E-state index contributed by atoms with van der Waals surface area (Å²) in [5.41, 5.74) is 1.59. The molecule has 0 fully saturated rings. The predicted molar refractivity (Wildman–Crippen MR) is 79.0 cm³/mol. The van der Waals surface area contributed by atoms with Crippen molar-refractivity contribution in [1.29, 1.82) is 0 Å². The van der Waals surface area contributed by atoms with Crippen LogP contribution in [-0.2, 0) is 22.9 Å². The van der Waals surface area contributed by atoms with Crippen LogP contribution in [0.3, 0.4) is 0 Å². The van der Waals surface area contributed by atoms with Crippen molar-refractivity contribution in [3.05, 3.63) is 30.2 Å². The Labute approximate surface area is 123 Å². The fourth-order valence-electron chi connectivity index (χ4n) is 2.43. The molecular formula is C14H17N3O3S. The van der Waals surface area contributed by atoms with Crippen LogP contribution < -0.4 is 10.1 Å². The molecule has 1 aliphatic heterocycles. The number of aromatic nitrogens is 2. The van der Waals surface area contributed by atoms with Crippen LogP contribution >= 0.6 is 0 Å². The lowest BCUT2D eigenvalue weighted by molar-refractivity contribution is 0.415. The van der Waals surface area contributed by atoms with Gasteiger partial charge in [-0.1, -0.05) is 0 Å². The molecule has 1 aliphatic rings. The van der Waals surface area contributed by atoms with E-state index in [1.54, 1.807) is 18.2 Å². The molecule has 0 aliphatic carbocycles. The first-order valence-corrected chi connectivity index (χ1v) is 8.53. The molecule has 21 heavy (non-hydrogen) atoms. The Bertz CT molecular complexity index is 757. The first-order valence-electron chi connectivity index (χ1n) is 6.64. The van der Waals surface area contributed by atoms with Crippen LogP contribution in [0.5, 0.6) is 5.75 Å². The van der Waals surface area contributed by atoms with E-state index in [-0.39, 0.29) is 4.90 Å². The molecule has 0 atom stereocenters. The molecule has 2 aromatic rings. The molecule has 1 N–H and O–H groups in total. The van der Waals surface area contributed by atoms with Crippen LogP contribution in [-0.4, -0.2) is 37.9 Å². The van der Waals surface area contributed by atoms with E-state index in [2.05, 4.69) is 14.9 Å². The average Bonchev–Trinajstić information content (AvgIpc) is 2.89. The van der Waals surface area contributed by atoms with E-state index in [0.717, 1.165) is 36.7 Å². The number of rotatable bonds is 3. The Hall–Kier alpha value is -1.86. The largest absolute Gasteiger partial charge is 0.496 e. The minimum absolute atomic E-state index is 0.244. The van der Waals surface area contributed by atoms with Gasteiger partial charge in [0.25, 0.3) is 0 Å². The van der Waals surface area contributed by atoms with Gasteiger partial charge in [0.05, 0.1) is 24.2 Å². The van der Waals surface area contributed by atoms with Crippen LogP contribution in [0.15, 0.2) is 29.3 Å². The molecule has 1 aromatic heterocycles. The third kappa shape index (κ3) is 2.66. The van der Waals surface area contributed by atoms with Gasteiger partial charge >= 0.3 is 0 Å². The van der Waals surface area contributed by atoms with Gasteiger partial charge in [-0.3, -0.25) is 0 Å².